The lowest BCUT2D eigenvalue weighted by Gasteiger charge is -2.18. The molecule has 0 radical (unpaired) electrons. The van der Waals surface area contributed by atoms with Crippen molar-refractivity contribution in [3.8, 4) is 0 Å². The third-order valence-electron chi connectivity index (χ3n) is 3.43. The molecular weight excluding hydrogens is 310 g/mol. The fourth-order valence-electron chi connectivity index (χ4n) is 1.86. The zero-order valence-corrected chi connectivity index (χ0v) is 18.3. The average Bonchev–Trinajstić information content (AvgIpc) is 3.11. The molecule has 4 heteroatoms. The quantitative estimate of drug-likeness (QED) is 0.396. The summed E-state index contributed by atoms with van der Waals surface area (Å²) >= 11 is 0. The topological polar surface area (TPSA) is 50.8 Å². The van der Waals surface area contributed by atoms with Crippen LogP contribution in [0.5, 0.6) is 0 Å². The Labute approximate surface area is 157 Å². The maximum atomic E-state index is 4.75. The second-order valence-corrected chi connectivity index (χ2v) is 7.21. The van der Waals surface area contributed by atoms with Gasteiger partial charge in [0.25, 0.3) is 0 Å². The molecule has 0 aromatic carbocycles. The molecule has 0 atom stereocenters. The highest BCUT2D eigenvalue weighted by molar-refractivity contribution is 5.28. The van der Waals surface area contributed by atoms with Crippen LogP contribution in [0.15, 0.2) is 27.1 Å². The molecule has 0 spiro atoms. The molecule has 0 unspecified atom stereocenters. The minimum absolute atomic E-state index is 0.532. The van der Waals surface area contributed by atoms with Gasteiger partial charge in [-0.3, -0.25) is 0 Å². The van der Waals surface area contributed by atoms with Crippen LogP contribution in [0.25, 0.3) is 0 Å². The highest BCUT2D eigenvalue weighted by Gasteiger charge is 2.10. The Morgan fingerprint density at radius 3 is 1.76 bits per heavy atom. The van der Waals surface area contributed by atoms with E-state index in [-0.39, 0.29) is 0 Å². The molecule has 0 aliphatic heterocycles. The summed E-state index contributed by atoms with van der Waals surface area (Å²) in [4.78, 5) is 0. The fraction of sp³-hybridized carbons (Fsp3) is 0.762. The van der Waals surface area contributed by atoms with Crippen LogP contribution in [-0.4, -0.2) is 18.6 Å². The number of nitrogens with zero attached hydrogens (tertiary/aromatic N) is 3. The molecule has 1 aromatic heterocycles. The SMILES string of the molecule is C=NN=C.CC.CC(C)CCC(C)(C)C.CCC(CC)c1ccon1. The van der Waals surface area contributed by atoms with E-state index in [0.29, 0.717) is 11.3 Å². The normalized spacial score (nSPS) is 9.88. The van der Waals surface area contributed by atoms with E-state index < -0.39 is 0 Å². The van der Waals surface area contributed by atoms with Crippen molar-refractivity contribution in [2.75, 3.05) is 0 Å². The van der Waals surface area contributed by atoms with E-state index in [0.717, 1.165) is 24.5 Å². The molecule has 1 heterocycles. The van der Waals surface area contributed by atoms with Crippen molar-refractivity contribution < 1.29 is 4.52 Å². The number of rotatable bonds is 6. The molecule has 0 aliphatic rings. The minimum Gasteiger partial charge on any atom is -0.365 e. The Balaban J connectivity index is -0.000000298. The monoisotopic (exact) mass is 353 g/mol. The second kappa shape index (κ2) is 18.9. The first-order valence-electron chi connectivity index (χ1n) is 9.53. The molecule has 0 saturated carbocycles. The second-order valence-electron chi connectivity index (χ2n) is 7.21. The van der Waals surface area contributed by atoms with Crippen LogP contribution >= 0.6 is 0 Å². The Morgan fingerprint density at radius 2 is 1.56 bits per heavy atom. The van der Waals surface area contributed by atoms with Crippen molar-refractivity contribution in [3.05, 3.63) is 18.0 Å². The largest absolute Gasteiger partial charge is 0.365 e. The van der Waals surface area contributed by atoms with Gasteiger partial charge in [-0.1, -0.05) is 73.9 Å². The molecule has 0 amide bonds. The molecule has 4 nitrogen and oxygen atoms in total. The molecule has 0 aliphatic carbocycles. The van der Waals surface area contributed by atoms with Crippen LogP contribution in [0.3, 0.4) is 0 Å². The van der Waals surface area contributed by atoms with Gasteiger partial charge in [0.05, 0.1) is 5.69 Å². The molecular formula is C21H43N3O. The molecule has 25 heavy (non-hydrogen) atoms. The van der Waals surface area contributed by atoms with Crippen molar-refractivity contribution in [2.24, 2.45) is 21.5 Å². The van der Waals surface area contributed by atoms with Gasteiger partial charge in [0, 0.05) is 25.4 Å². The van der Waals surface area contributed by atoms with Crippen molar-refractivity contribution in [1.82, 2.24) is 5.16 Å². The van der Waals surface area contributed by atoms with Gasteiger partial charge in [0.2, 0.25) is 0 Å². The van der Waals surface area contributed by atoms with Gasteiger partial charge in [-0.2, -0.15) is 10.2 Å². The smallest absolute Gasteiger partial charge is 0.124 e. The Bertz CT molecular complexity index is 368. The molecule has 1 rings (SSSR count). The van der Waals surface area contributed by atoms with E-state index in [1.54, 1.807) is 6.26 Å². The fourth-order valence-corrected chi connectivity index (χ4v) is 1.86. The lowest BCUT2D eigenvalue weighted by Crippen LogP contribution is -2.05. The molecule has 0 bridgehead atoms. The van der Waals surface area contributed by atoms with Crippen LogP contribution in [0.2, 0.25) is 0 Å². The van der Waals surface area contributed by atoms with E-state index in [1.807, 2.05) is 19.9 Å². The Hall–Kier alpha value is -1.45. The number of hydrogen-bond acceptors (Lipinski definition) is 4. The van der Waals surface area contributed by atoms with E-state index in [2.05, 4.69) is 77.3 Å². The third kappa shape index (κ3) is 22.6. The van der Waals surface area contributed by atoms with Crippen molar-refractivity contribution in [2.45, 2.75) is 93.9 Å². The molecule has 0 saturated heterocycles. The van der Waals surface area contributed by atoms with Crippen LogP contribution in [-0.2, 0) is 0 Å². The van der Waals surface area contributed by atoms with Crippen molar-refractivity contribution in [1.29, 1.82) is 0 Å². The van der Waals surface area contributed by atoms with Gasteiger partial charge in [-0.05, 0) is 30.6 Å². The third-order valence-corrected chi connectivity index (χ3v) is 3.43. The van der Waals surface area contributed by atoms with Crippen LogP contribution in [0.4, 0.5) is 0 Å². The summed E-state index contributed by atoms with van der Waals surface area (Å²) in [6.07, 6.45) is 6.63. The van der Waals surface area contributed by atoms with E-state index in [1.165, 1.54) is 12.8 Å². The highest BCUT2D eigenvalue weighted by Crippen LogP contribution is 2.23. The minimum atomic E-state index is 0.532. The van der Waals surface area contributed by atoms with E-state index in [4.69, 9.17) is 4.52 Å². The maximum absolute atomic E-state index is 4.75. The van der Waals surface area contributed by atoms with E-state index >= 15 is 0 Å². The number of aromatic nitrogens is 1. The van der Waals surface area contributed by atoms with Gasteiger partial charge < -0.3 is 4.52 Å². The summed E-state index contributed by atoms with van der Waals surface area (Å²) in [5.74, 6) is 1.45. The zero-order valence-electron chi connectivity index (χ0n) is 18.3. The zero-order chi connectivity index (χ0) is 20.3. The number of hydrogen-bond donors (Lipinski definition) is 0. The van der Waals surface area contributed by atoms with Gasteiger partial charge in [-0.25, -0.2) is 0 Å². The average molecular weight is 354 g/mol. The van der Waals surface area contributed by atoms with Crippen LogP contribution < -0.4 is 0 Å². The van der Waals surface area contributed by atoms with Crippen molar-refractivity contribution >= 4 is 13.4 Å². The highest BCUT2D eigenvalue weighted by atomic mass is 16.5. The predicted molar refractivity (Wildman–Crippen MR) is 114 cm³/mol. The van der Waals surface area contributed by atoms with Gasteiger partial charge in [0.1, 0.15) is 6.26 Å². The Morgan fingerprint density at radius 1 is 1.08 bits per heavy atom. The van der Waals surface area contributed by atoms with Crippen molar-refractivity contribution in [3.63, 3.8) is 0 Å². The summed E-state index contributed by atoms with van der Waals surface area (Å²) in [6, 6.07) is 1.94. The maximum Gasteiger partial charge on any atom is 0.124 e. The van der Waals surface area contributed by atoms with Crippen LogP contribution in [0.1, 0.15) is 99.6 Å². The van der Waals surface area contributed by atoms with Crippen LogP contribution in [0, 0.1) is 11.3 Å². The lowest BCUT2D eigenvalue weighted by atomic mass is 9.88. The molecule has 0 N–H and O–H groups in total. The van der Waals surface area contributed by atoms with E-state index in [9.17, 15) is 0 Å². The standard InChI is InChI=1S/C9H20.C8H13NO.C2H4N2.C2H6/c1-8(2)6-7-9(3,4)5;1-3-7(4-2)8-5-6-10-9-8;1-3-4-2;1-2/h8H,6-7H2,1-5H3;5-7H,3-4H2,1-2H3;1-2H2;1-2H3. The van der Waals surface area contributed by atoms with Gasteiger partial charge in [-0.15, -0.1) is 0 Å². The molecule has 148 valence electrons. The van der Waals surface area contributed by atoms with Gasteiger partial charge >= 0.3 is 0 Å². The summed E-state index contributed by atoms with van der Waals surface area (Å²) in [5, 5.41) is 9.88. The molecule has 1 aromatic rings. The Kier molecular flexibility index (Phi) is 21.4. The first-order valence-corrected chi connectivity index (χ1v) is 9.53. The summed E-state index contributed by atoms with van der Waals surface area (Å²) < 4.78 is 4.75. The molecule has 0 fully saturated rings. The first-order chi connectivity index (χ1) is 11.7. The summed E-state index contributed by atoms with van der Waals surface area (Å²) in [6.45, 7) is 25.8. The first kappa shape index (κ1) is 28.4. The van der Waals surface area contributed by atoms with Gasteiger partial charge in [0.15, 0.2) is 0 Å². The summed E-state index contributed by atoms with van der Waals surface area (Å²) in [7, 11) is 0. The lowest BCUT2D eigenvalue weighted by molar-refractivity contribution is 0.338. The predicted octanol–water partition coefficient (Wildman–Crippen LogP) is 7.38. The summed E-state index contributed by atoms with van der Waals surface area (Å²) in [5.41, 5.74) is 1.62.